The van der Waals surface area contributed by atoms with Crippen LogP contribution < -0.4 is 16.7 Å². The van der Waals surface area contributed by atoms with Crippen molar-refractivity contribution in [2.75, 3.05) is 5.43 Å². The standard InChI is InChI=1S/C23H14BrN3O4S/c1-12(16-10-14-8-15(24)6-7-20(14)31-21(16)28)26-27-23-25-18(11-32-23)17-9-13-4-2-3-5-19(13)30-22(17)29/h2-11H,1H3,(H,25,27)/b26-12-. The maximum absolute atomic E-state index is 12.4. The summed E-state index contributed by atoms with van der Waals surface area (Å²) < 4.78 is 11.7. The van der Waals surface area contributed by atoms with Crippen molar-refractivity contribution in [2.24, 2.45) is 5.10 Å². The Kier molecular flexibility index (Phi) is 5.20. The number of halogens is 1. The fourth-order valence-corrected chi connectivity index (χ4v) is 4.26. The van der Waals surface area contributed by atoms with Crippen LogP contribution in [0.1, 0.15) is 12.5 Å². The van der Waals surface area contributed by atoms with Crippen LogP contribution in [0, 0.1) is 0 Å². The van der Waals surface area contributed by atoms with Gasteiger partial charge in [0.05, 0.1) is 22.5 Å². The molecule has 0 fully saturated rings. The van der Waals surface area contributed by atoms with E-state index in [1.54, 1.807) is 36.6 Å². The number of hydrazone groups is 1. The molecule has 5 rings (SSSR count). The van der Waals surface area contributed by atoms with E-state index in [2.05, 4.69) is 31.4 Å². The molecule has 0 saturated carbocycles. The van der Waals surface area contributed by atoms with Gasteiger partial charge in [-0.15, -0.1) is 11.3 Å². The normalized spacial score (nSPS) is 11.9. The van der Waals surface area contributed by atoms with Gasteiger partial charge in [-0.3, -0.25) is 5.43 Å². The highest BCUT2D eigenvalue weighted by molar-refractivity contribution is 9.10. The van der Waals surface area contributed by atoms with Crippen molar-refractivity contribution >= 4 is 60.0 Å². The van der Waals surface area contributed by atoms with E-state index >= 15 is 0 Å². The molecule has 7 nitrogen and oxygen atoms in total. The summed E-state index contributed by atoms with van der Waals surface area (Å²) in [6, 6.07) is 16.2. The number of thiazole rings is 1. The molecule has 32 heavy (non-hydrogen) atoms. The van der Waals surface area contributed by atoms with Gasteiger partial charge in [-0.1, -0.05) is 34.1 Å². The average molecular weight is 508 g/mol. The number of aromatic nitrogens is 1. The van der Waals surface area contributed by atoms with E-state index < -0.39 is 11.3 Å². The molecule has 0 aliphatic heterocycles. The summed E-state index contributed by atoms with van der Waals surface area (Å²) in [4.78, 5) is 29.2. The van der Waals surface area contributed by atoms with Gasteiger partial charge in [-0.2, -0.15) is 5.10 Å². The van der Waals surface area contributed by atoms with Crippen molar-refractivity contribution in [1.29, 1.82) is 0 Å². The molecule has 3 heterocycles. The minimum atomic E-state index is -0.475. The van der Waals surface area contributed by atoms with Crippen molar-refractivity contribution in [2.45, 2.75) is 6.92 Å². The number of hydrogen-bond donors (Lipinski definition) is 1. The van der Waals surface area contributed by atoms with Crippen molar-refractivity contribution in [3.05, 3.63) is 90.9 Å². The zero-order valence-electron chi connectivity index (χ0n) is 16.6. The van der Waals surface area contributed by atoms with Gasteiger partial charge < -0.3 is 8.83 Å². The minimum absolute atomic E-state index is 0.343. The van der Waals surface area contributed by atoms with Gasteiger partial charge in [-0.05, 0) is 43.3 Å². The zero-order valence-corrected chi connectivity index (χ0v) is 19.0. The monoisotopic (exact) mass is 507 g/mol. The third kappa shape index (κ3) is 3.88. The van der Waals surface area contributed by atoms with Crippen LogP contribution in [0.5, 0.6) is 0 Å². The minimum Gasteiger partial charge on any atom is -0.422 e. The van der Waals surface area contributed by atoms with E-state index in [1.807, 2.05) is 30.3 Å². The zero-order chi connectivity index (χ0) is 22.2. The molecule has 0 saturated heterocycles. The van der Waals surface area contributed by atoms with Crippen LogP contribution in [0.15, 0.2) is 88.0 Å². The molecule has 2 aromatic carbocycles. The van der Waals surface area contributed by atoms with E-state index in [0.29, 0.717) is 38.8 Å². The Labute approximate surface area is 193 Å². The second kappa shape index (κ2) is 8.18. The number of fused-ring (bicyclic) bond motifs is 2. The lowest BCUT2D eigenvalue weighted by Gasteiger charge is -2.03. The van der Waals surface area contributed by atoms with Gasteiger partial charge in [0, 0.05) is 20.6 Å². The third-order valence-corrected chi connectivity index (χ3v) is 6.07. The third-order valence-electron chi connectivity index (χ3n) is 4.82. The summed E-state index contributed by atoms with van der Waals surface area (Å²) in [5, 5.41) is 8.09. The first-order chi connectivity index (χ1) is 15.5. The van der Waals surface area contributed by atoms with Gasteiger partial charge in [0.2, 0.25) is 5.13 Å². The van der Waals surface area contributed by atoms with Crippen LogP contribution in [-0.4, -0.2) is 10.7 Å². The van der Waals surface area contributed by atoms with Crippen molar-refractivity contribution in [1.82, 2.24) is 4.98 Å². The number of benzene rings is 2. The van der Waals surface area contributed by atoms with Gasteiger partial charge in [0.1, 0.15) is 11.2 Å². The summed E-state index contributed by atoms with van der Waals surface area (Å²) in [5.74, 6) is 0. The summed E-state index contributed by atoms with van der Waals surface area (Å²) in [6.45, 7) is 1.70. The molecule has 0 radical (unpaired) electrons. The molecular weight excluding hydrogens is 494 g/mol. The highest BCUT2D eigenvalue weighted by Crippen LogP contribution is 2.25. The predicted molar refractivity (Wildman–Crippen MR) is 130 cm³/mol. The molecular formula is C23H14BrN3O4S. The van der Waals surface area contributed by atoms with E-state index in [1.165, 1.54) is 11.3 Å². The number of para-hydroxylation sites is 1. The topological polar surface area (TPSA) is 97.7 Å². The van der Waals surface area contributed by atoms with Gasteiger partial charge in [0.15, 0.2) is 0 Å². The van der Waals surface area contributed by atoms with Crippen LogP contribution in [0.4, 0.5) is 5.13 Å². The molecule has 0 aliphatic rings. The van der Waals surface area contributed by atoms with E-state index in [-0.39, 0.29) is 0 Å². The fourth-order valence-electron chi connectivity index (χ4n) is 3.23. The second-order valence-electron chi connectivity index (χ2n) is 6.96. The first-order valence-corrected chi connectivity index (χ1v) is 11.2. The Morgan fingerprint density at radius 2 is 1.78 bits per heavy atom. The lowest BCUT2D eigenvalue weighted by molar-refractivity contribution is 0.559. The largest absolute Gasteiger partial charge is 0.422 e. The number of rotatable bonds is 4. The Hall–Kier alpha value is -3.56. The molecule has 9 heteroatoms. The van der Waals surface area contributed by atoms with Gasteiger partial charge >= 0.3 is 11.3 Å². The van der Waals surface area contributed by atoms with Crippen LogP contribution in [0.3, 0.4) is 0 Å². The van der Waals surface area contributed by atoms with Crippen LogP contribution in [0.2, 0.25) is 0 Å². The SMILES string of the molecule is C/C(=N/Nc1nc(-c2cc3ccccc3oc2=O)cs1)c1cc2cc(Br)ccc2oc1=O. The molecule has 0 bridgehead atoms. The van der Waals surface area contributed by atoms with Gasteiger partial charge in [-0.25, -0.2) is 14.6 Å². The average Bonchev–Trinajstić information content (AvgIpc) is 3.25. The fraction of sp³-hybridized carbons (Fsp3) is 0.0435. The van der Waals surface area contributed by atoms with Crippen LogP contribution in [0.25, 0.3) is 33.2 Å². The van der Waals surface area contributed by atoms with Crippen molar-refractivity contribution in [3.63, 3.8) is 0 Å². The van der Waals surface area contributed by atoms with E-state index in [4.69, 9.17) is 8.83 Å². The van der Waals surface area contributed by atoms with E-state index in [9.17, 15) is 9.59 Å². The number of anilines is 1. The van der Waals surface area contributed by atoms with E-state index in [0.717, 1.165) is 15.2 Å². The second-order valence-corrected chi connectivity index (χ2v) is 8.74. The first kappa shape index (κ1) is 20.3. The molecule has 1 N–H and O–H groups in total. The number of nitrogens with one attached hydrogen (secondary N) is 1. The molecule has 0 aliphatic carbocycles. The summed E-state index contributed by atoms with van der Waals surface area (Å²) in [6.07, 6.45) is 0. The highest BCUT2D eigenvalue weighted by Gasteiger charge is 2.12. The summed E-state index contributed by atoms with van der Waals surface area (Å²) in [7, 11) is 0. The number of hydrogen-bond acceptors (Lipinski definition) is 8. The van der Waals surface area contributed by atoms with Gasteiger partial charge in [0.25, 0.3) is 0 Å². The number of nitrogens with zero attached hydrogens (tertiary/aromatic N) is 2. The highest BCUT2D eigenvalue weighted by atomic mass is 79.9. The Bertz CT molecular complexity index is 1630. The predicted octanol–water partition coefficient (Wildman–Crippen LogP) is 5.62. The molecule has 3 aromatic heterocycles. The molecule has 158 valence electrons. The Morgan fingerprint density at radius 1 is 1.00 bits per heavy atom. The molecule has 0 spiro atoms. The smallest absolute Gasteiger partial charge is 0.345 e. The molecule has 0 unspecified atom stereocenters. The maximum Gasteiger partial charge on any atom is 0.345 e. The van der Waals surface area contributed by atoms with Crippen LogP contribution >= 0.6 is 27.3 Å². The first-order valence-electron chi connectivity index (χ1n) is 9.51. The summed E-state index contributed by atoms with van der Waals surface area (Å²) >= 11 is 4.70. The van der Waals surface area contributed by atoms with Crippen molar-refractivity contribution in [3.8, 4) is 11.3 Å². The quantitative estimate of drug-likeness (QED) is 0.192. The lowest BCUT2D eigenvalue weighted by atomic mass is 10.1. The van der Waals surface area contributed by atoms with Crippen molar-refractivity contribution < 1.29 is 8.83 Å². The lowest BCUT2D eigenvalue weighted by Crippen LogP contribution is -2.13. The summed E-state index contributed by atoms with van der Waals surface area (Å²) in [5.41, 5.74) is 4.59. The Balaban J connectivity index is 1.43. The Morgan fingerprint density at radius 3 is 2.66 bits per heavy atom. The maximum atomic E-state index is 12.4. The molecule has 0 atom stereocenters. The molecule has 0 amide bonds. The molecule has 5 aromatic rings. The van der Waals surface area contributed by atoms with Crippen LogP contribution in [-0.2, 0) is 0 Å².